The van der Waals surface area contributed by atoms with Gasteiger partial charge in [0.2, 0.25) is 10.0 Å². The summed E-state index contributed by atoms with van der Waals surface area (Å²) < 4.78 is 28.1. The Morgan fingerprint density at radius 1 is 0.829 bits per heavy atom. The van der Waals surface area contributed by atoms with Crippen LogP contribution in [0.5, 0.6) is 0 Å². The second-order valence-electron chi connectivity index (χ2n) is 9.37. The molecule has 0 aliphatic carbocycles. The average Bonchev–Trinajstić information content (AvgIpc) is 3.41. The van der Waals surface area contributed by atoms with E-state index < -0.39 is 10.0 Å². The highest BCUT2D eigenvalue weighted by Gasteiger charge is 2.28. The van der Waals surface area contributed by atoms with Gasteiger partial charge in [0.25, 0.3) is 5.91 Å². The largest absolute Gasteiger partial charge is 0.348 e. The molecule has 3 aromatic rings. The normalized spacial score (nSPS) is 16.7. The quantitative estimate of drug-likeness (QED) is 0.546. The maximum Gasteiger partial charge on any atom is 0.251 e. The summed E-state index contributed by atoms with van der Waals surface area (Å²) in [5.41, 5.74) is 4.85. The standard InChI is InChI=1S/C28H31N3O3S/c32-28(29-19-22-10-12-23(13-11-22)20-30-15-3-4-16-30)25-8-5-9-27(18-25)35(33,34)31-17-14-24-6-1-2-7-26(24)21-31/h1-2,5-13,18H,3-4,14-17,19-21H2,(H,29,32). The number of benzene rings is 3. The predicted octanol–water partition coefficient (Wildman–Crippen LogP) is 3.96. The summed E-state index contributed by atoms with van der Waals surface area (Å²) in [6.45, 7) is 4.47. The van der Waals surface area contributed by atoms with E-state index in [1.54, 1.807) is 18.2 Å². The number of rotatable bonds is 7. The van der Waals surface area contributed by atoms with E-state index in [1.807, 2.05) is 36.4 Å². The summed E-state index contributed by atoms with van der Waals surface area (Å²) in [6.07, 6.45) is 3.24. The summed E-state index contributed by atoms with van der Waals surface area (Å²) >= 11 is 0. The Hall–Kier alpha value is -3.00. The highest BCUT2D eigenvalue weighted by molar-refractivity contribution is 7.89. The molecule has 6 nitrogen and oxygen atoms in total. The first-order chi connectivity index (χ1) is 17.0. The number of likely N-dealkylation sites (tertiary alicyclic amines) is 1. The van der Waals surface area contributed by atoms with Crippen LogP contribution in [0.4, 0.5) is 0 Å². The molecular formula is C28H31N3O3S. The molecule has 1 N–H and O–H groups in total. The lowest BCUT2D eigenvalue weighted by Gasteiger charge is -2.28. The summed E-state index contributed by atoms with van der Waals surface area (Å²) in [6, 6.07) is 22.6. The molecule has 1 fully saturated rings. The van der Waals surface area contributed by atoms with Crippen LogP contribution in [0.25, 0.3) is 0 Å². The van der Waals surface area contributed by atoms with Crippen molar-refractivity contribution in [1.29, 1.82) is 0 Å². The topological polar surface area (TPSA) is 69.7 Å². The zero-order valence-corrected chi connectivity index (χ0v) is 20.6. The molecule has 0 radical (unpaired) electrons. The fourth-order valence-corrected chi connectivity index (χ4v) is 6.33. The van der Waals surface area contributed by atoms with E-state index in [-0.39, 0.29) is 10.8 Å². The van der Waals surface area contributed by atoms with E-state index >= 15 is 0 Å². The highest BCUT2D eigenvalue weighted by atomic mass is 32.2. The molecule has 2 aliphatic heterocycles. The first-order valence-corrected chi connectivity index (χ1v) is 13.7. The van der Waals surface area contributed by atoms with Crippen molar-refractivity contribution >= 4 is 15.9 Å². The van der Waals surface area contributed by atoms with Crippen LogP contribution >= 0.6 is 0 Å². The molecule has 182 valence electrons. The average molecular weight is 490 g/mol. The van der Waals surface area contributed by atoms with E-state index in [0.717, 1.165) is 30.8 Å². The molecule has 2 heterocycles. The minimum Gasteiger partial charge on any atom is -0.348 e. The fraction of sp³-hybridized carbons (Fsp3) is 0.321. The van der Waals surface area contributed by atoms with Crippen molar-refractivity contribution < 1.29 is 13.2 Å². The minimum atomic E-state index is -3.69. The monoisotopic (exact) mass is 489 g/mol. The van der Waals surface area contributed by atoms with E-state index in [2.05, 4.69) is 22.3 Å². The van der Waals surface area contributed by atoms with Crippen LogP contribution in [0.15, 0.2) is 77.7 Å². The molecule has 0 spiro atoms. The van der Waals surface area contributed by atoms with Gasteiger partial charge in [-0.05, 0) is 72.8 Å². The van der Waals surface area contributed by atoms with Crippen LogP contribution in [0.2, 0.25) is 0 Å². The van der Waals surface area contributed by atoms with Gasteiger partial charge in [-0.15, -0.1) is 0 Å². The number of hydrogen-bond donors (Lipinski definition) is 1. The molecular weight excluding hydrogens is 458 g/mol. The number of amides is 1. The number of fused-ring (bicyclic) bond motifs is 1. The number of hydrogen-bond acceptors (Lipinski definition) is 4. The van der Waals surface area contributed by atoms with Gasteiger partial charge in [-0.2, -0.15) is 4.31 Å². The van der Waals surface area contributed by atoms with Gasteiger partial charge in [-0.25, -0.2) is 8.42 Å². The molecule has 1 saturated heterocycles. The molecule has 7 heteroatoms. The molecule has 1 amide bonds. The smallest absolute Gasteiger partial charge is 0.251 e. The summed E-state index contributed by atoms with van der Waals surface area (Å²) in [5.74, 6) is -0.285. The van der Waals surface area contributed by atoms with Crippen molar-refractivity contribution in [2.75, 3.05) is 19.6 Å². The molecule has 35 heavy (non-hydrogen) atoms. The number of carbonyl (C=O) groups excluding carboxylic acids is 1. The first kappa shape index (κ1) is 23.7. The Morgan fingerprint density at radius 3 is 2.31 bits per heavy atom. The second-order valence-corrected chi connectivity index (χ2v) is 11.3. The summed E-state index contributed by atoms with van der Waals surface area (Å²) in [5, 5.41) is 2.92. The zero-order chi connectivity index (χ0) is 24.3. The minimum absolute atomic E-state index is 0.149. The molecule has 0 unspecified atom stereocenters. The molecule has 0 saturated carbocycles. The lowest BCUT2D eigenvalue weighted by Crippen LogP contribution is -2.36. The summed E-state index contributed by atoms with van der Waals surface area (Å²) in [4.78, 5) is 15.4. The molecule has 0 aromatic heterocycles. The Balaban J connectivity index is 1.22. The van der Waals surface area contributed by atoms with Crippen molar-refractivity contribution in [2.45, 2.75) is 43.8 Å². The van der Waals surface area contributed by atoms with Crippen LogP contribution in [0, 0.1) is 0 Å². The molecule has 5 rings (SSSR count). The Morgan fingerprint density at radius 2 is 1.54 bits per heavy atom. The van der Waals surface area contributed by atoms with E-state index in [4.69, 9.17) is 0 Å². The van der Waals surface area contributed by atoms with Crippen LogP contribution in [0.1, 0.15) is 45.5 Å². The number of sulfonamides is 1. The van der Waals surface area contributed by atoms with Gasteiger partial charge in [0, 0.05) is 31.7 Å². The maximum absolute atomic E-state index is 13.3. The second kappa shape index (κ2) is 10.3. The Labute approximate surface area is 207 Å². The van der Waals surface area contributed by atoms with Gasteiger partial charge in [0.05, 0.1) is 4.90 Å². The molecule has 0 atom stereocenters. The van der Waals surface area contributed by atoms with Crippen LogP contribution in [0.3, 0.4) is 0 Å². The lowest BCUT2D eigenvalue weighted by molar-refractivity contribution is 0.0950. The summed E-state index contributed by atoms with van der Waals surface area (Å²) in [7, 11) is -3.69. The molecule has 3 aromatic carbocycles. The number of carbonyl (C=O) groups is 1. The van der Waals surface area contributed by atoms with Crippen molar-refractivity contribution in [3.63, 3.8) is 0 Å². The van der Waals surface area contributed by atoms with Gasteiger partial charge < -0.3 is 5.32 Å². The van der Waals surface area contributed by atoms with Crippen molar-refractivity contribution in [3.05, 3.63) is 101 Å². The predicted molar refractivity (Wildman–Crippen MR) is 136 cm³/mol. The van der Waals surface area contributed by atoms with Crippen LogP contribution in [-0.2, 0) is 36.1 Å². The zero-order valence-electron chi connectivity index (χ0n) is 19.8. The van der Waals surface area contributed by atoms with E-state index in [0.29, 0.717) is 31.6 Å². The van der Waals surface area contributed by atoms with E-state index in [1.165, 1.54) is 34.3 Å². The SMILES string of the molecule is O=C(NCc1ccc(CN2CCCC2)cc1)c1cccc(S(=O)(=O)N2CCc3ccccc3C2)c1. The fourth-order valence-electron chi connectivity index (χ4n) is 4.87. The highest BCUT2D eigenvalue weighted by Crippen LogP contribution is 2.25. The number of nitrogens with one attached hydrogen (secondary N) is 1. The van der Waals surface area contributed by atoms with Gasteiger partial charge in [-0.1, -0.05) is 54.6 Å². The van der Waals surface area contributed by atoms with Crippen LogP contribution < -0.4 is 5.32 Å². The van der Waals surface area contributed by atoms with E-state index in [9.17, 15) is 13.2 Å². The molecule has 2 aliphatic rings. The maximum atomic E-state index is 13.3. The third-order valence-corrected chi connectivity index (χ3v) is 8.75. The first-order valence-electron chi connectivity index (χ1n) is 12.2. The Kier molecular flexibility index (Phi) is 7.00. The lowest BCUT2D eigenvalue weighted by atomic mass is 10.0. The third-order valence-electron chi connectivity index (χ3n) is 6.91. The van der Waals surface area contributed by atoms with Gasteiger partial charge in [0.15, 0.2) is 0 Å². The van der Waals surface area contributed by atoms with Gasteiger partial charge >= 0.3 is 0 Å². The Bertz CT molecular complexity index is 1300. The van der Waals surface area contributed by atoms with Gasteiger partial charge in [-0.3, -0.25) is 9.69 Å². The number of nitrogens with zero attached hydrogens (tertiary/aromatic N) is 2. The van der Waals surface area contributed by atoms with Crippen molar-refractivity contribution in [2.24, 2.45) is 0 Å². The third kappa shape index (κ3) is 5.48. The van der Waals surface area contributed by atoms with Crippen molar-refractivity contribution in [3.8, 4) is 0 Å². The van der Waals surface area contributed by atoms with Crippen LogP contribution in [-0.4, -0.2) is 43.2 Å². The van der Waals surface area contributed by atoms with Gasteiger partial charge in [0.1, 0.15) is 0 Å². The van der Waals surface area contributed by atoms with Crippen molar-refractivity contribution in [1.82, 2.24) is 14.5 Å². The molecule has 0 bridgehead atoms.